The average Bonchev–Trinajstić information content (AvgIpc) is 3.55. The summed E-state index contributed by atoms with van der Waals surface area (Å²) in [6.07, 6.45) is 1.63. The molecule has 3 aliphatic heterocycles. The summed E-state index contributed by atoms with van der Waals surface area (Å²) in [4.78, 5) is 33.6. The molecular weight excluding hydrogens is 508 g/mol. The molecule has 6 nitrogen and oxygen atoms in total. The van der Waals surface area contributed by atoms with E-state index in [-0.39, 0.29) is 23.9 Å². The number of amides is 2. The van der Waals surface area contributed by atoms with E-state index in [2.05, 4.69) is 74.6 Å². The van der Waals surface area contributed by atoms with Crippen LogP contribution < -0.4 is 5.32 Å². The molecule has 0 aromatic heterocycles. The molecule has 4 atom stereocenters. The van der Waals surface area contributed by atoms with Crippen LogP contribution in [-0.4, -0.2) is 72.3 Å². The van der Waals surface area contributed by atoms with Gasteiger partial charge in [-0.25, -0.2) is 0 Å². The molecule has 41 heavy (non-hydrogen) atoms. The lowest BCUT2D eigenvalue weighted by Gasteiger charge is -2.33. The highest BCUT2D eigenvalue weighted by Crippen LogP contribution is 2.38. The molecule has 2 fully saturated rings. The van der Waals surface area contributed by atoms with Crippen molar-refractivity contribution in [1.29, 1.82) is 0 Å². The van der Waals surface area contributed by atoms with Gasteiger partial charge in [0, 0.05) is 50.9 Å². The molecule has 214 valence electrons. The summed E-state index contributed by atoms with van der Waals surface area (Å²) < 4.78 is 0. The summed E-state index contributed by atoms with van der Waals surface area (Å²) >= 11 is 0. The molecule has 3 aliphatic rings. The van der Waals surface area contributed by atoms with Crippen LogP contribution in [0.1, 0.15) is 50.6 Å². The van der Waals surface area contributed by atoms with Crippen LogP contribution in [0.3, 0.4) is 0 Å². The van der Waals surface area contributed by atoms with Gasteiger partial charge in [-0.2, -0.15) is 0 Å². The number of benzene rings is 3. The van der Waals surface area contributed by atoms with Crippen molar-refractivity contribution in [1.82, 2.24) is 20.0 Å². The Bertz CT molecular complexity index is 1370. The smallest absolute Gasteiger partial charge is 0.254 e. The summed E-state index contributed by atoms with van der Waals surface area (Å²) in [7, 11) is 2.05. The number of rotatable bonds is 7. The Morgan fingerprint density at radius 3 is 2.15 bits per heavy atom. The summed E-state index contributed by atoms with van der Waals surface area (Å²) in [5.41, 5.74) is 6.88. The van der Waals surface area contributed by atoms with Gasteiger partial charge >= 0.3 is 0 Å². The number of fused-ring (bicyclic) bond motifs is 2. The van der Waals surface area contributed by atoms with Crippen LogP contribution in [0, 0.1) is 25.7 Å². The molecule has 6 rings (SSSR count). The van der Waals surface area contributed by atoms with E-state index in [0.29, 0.717) is 18.4 Å². The van der Waals surface area contributed by atoms with Crippen LogP contribution in [-0.2, 0) is 17.8 Å². The topological polar surface area (TPSA) is 55.9 Å². The molecule has 3 aromatic carbocycles. The normalized spacial score (nSPS) is 23.2. The second-order valence-corrected chi connectivity index (χ2v) is 12.4. The minimum atomic E-state index is -0.133. The highest BCUT2D eigenvalue weighted by atomic mass is 16.2. The molecule has 0 saturated carbocycles. The summed E-state index contributed by atoms with van der Waals surface area (Å²) in [6, 6.07) is 25.4. The SMILES string of the molecule is Cc1cccc(C)c1C(=O)N1CC2CN([C@@H](CCNC(=O)C3Cc4ccccc4CN3C)c3ccccc3)CC2C1. The van der Waals surface area contributed by atoms with Crippen LogP contribution in [0.4, 0.5) is 0 Å². The summed E-state index contributed by atoms with van der Waals surface area (Å²) in [5.74, 6) is 1.27. The molecule has 3 unspecified atom stereocenters. The second-order valence-electron chi connectivity index (χ2n) is 12.4. The molecule has 6 heteroatoms. The van der Waals surface area contributed by atoms with Gasteiger partial charge in [-0.3, -0.25) is 19.4 Å². The first-order valence-electron chi connectivity index (χ1n) is 15.1. The van der Waals surface area contributed by atoms with Gasteiger partial charge < -0.3 is 10.2 Å². The molecular formula is C35H42N4O2. The first-order valence-corrected chi connectivity index (χ1v) is 15.1. The van der Waals surface area contributed by atoms with Crippen molar-refractivity contribution in [2.75, 3.05) is 39.8 Å². The minimum absolute atomic E-state index is 0.118. The van der Waals surface area contributed by atoms with E-state index in [9.17, 15) is 9.59 Å². The quantitative estimate of drug-likeness (QED) is 0.467. The zero-order valence-corrected chi connectivity index (χ0v) is 24.6. The molecule has 3 aromatic rings. The van der Waals surface area contributed by atoms with E-state index in [4.69, 9.17) is 0 Å². The predicted octanol–water partition coefficient (Wildman–Crippen LogP) is 4.61. The van der Waals surface area contributed by atoms with Gasteiger partial charge in [-0.1, -0.05) is 72.8 Å². The Kier molecular flexibility index (Phi) is 7.96. The lowest BCUT2D eigenvalue weighted by molar-refractivity contribution is -0.126. The monoisotopic (exact) mass is 550 g/mol. The molecule has 0 spiro atoms. The number of nitrogens with one attached hydrogen (secondary N) is 1. The van der Waals surface area contributed by atoms with E-state index >= 15 is 0 Å². The number of carbonyl (C=O) groups excluding carboxylic acids is 2. The van der Waals surface area contributed by atoms with Crippen molar-refractivity contribution in [3.8, 4) is 0 Å². The second kappa shape index (κ2) is 11.8. The van der Waals surface area contributed by atoms with Gasteiger partial charge in [0.25, 0.3) is 5.91 Å². The zero-order chi connectivity index (χ0) is 28.5. The van der Waals surface area contributed by atoms with Gasteiger partial charge in [-0.05, 0) is 73.4 Å². The number of likely N-dealkylation sites (tertiary alicyclic amines) is 2. The van der Waals surface area contributed by atoms with Gasteiger partial charge in [0.05, 0.1) is 6.04 Å². The van der Waals surface area contributed by atoms with Gasteiger partial charge in [-0.15, -0.1) is 0 Å². The first-order chi connectivity index (χ1) is 19.9. The first kappa shape index (κ1) is 27.7. The van der Waals surface area contributed by atoms with Crippen molar-refractivity contribution in [2.45, 2.75) is 45.3 Å². The molecule has 3 heterocycles. The third kappa shape index (κ3) is 5.68. The van der Waals surface area contributed by atoms with E-state index in [0.717, 1.165) is 62.3 Å². The Hall–Kier alpha value is -3.48. The maximum atomic E-state index is 13.5. The van der Waals surface area contributed by atoms with Crippen molar-refractivity contribution >= 4 is 11.8 Å². The van der Waals surface area contributed by atoms with Crippen LogP contribution in [0.15, 0.2) is 72.8 Å². The lowest BCUT2D eigenvalue weighted by Crippen LogP contribution is -2.49. The van der Waals surface area contributed by atoms with Crippen LogP contribution in [0.2, 0.25) is 0 Å². The number of hydrogen-bond acceptors (Lipinski definition) is 4. The molecule has 0 aliphatic carbocycles. The van der Waals surface area contributed by atoms with Gasteiger partial charge in [0.15, 0.2) is 0 Å². The number of carbonyl (C=O) groups is 2. The van der Waals surface area contributed by atoms with Crippen LogP contribution in [0.25, 0.3) is 0 Å². The Labute approximate surface area is 244 Å². The average molecular weight is 551 g/mol. The standard InChI is InChI=1S/C35H42N4O2/c1-24-10-9-11-25(2)33(24)35(41)39-22-29-20-38(21-30(29)23-39)31(26-12-5-4-6-13-26)16-17-36-34(40)32-18-27-14-7-8-15-28(27)19-37(32)3/h4-15,29-32H,16-23H2,1-3H3,(H,36,40)/t29?,30?,31-,32?/m0/s1. The fourth-order valence-electron chi connectivity index (χ4n) is 7.39. The van der Waals surface area contributed by atoms with Crippen molar-refractivity contribution in [3.63, 3.8) is 0 Å². The minimum Gasteiger partial charge on any atom is -0.355 e. The Balaban J connectivity index is 1.08. The van der Waals surface area contributed by atoms with E-state index in [1.54, 1.807) is 0 Å². The Morgan fingerprint density at radius 2 is 1.46 bits per heavy atom. The fourth-order valence-corrected chi connectivity index (χ4v) is 7.39. The van der Waals surface area contributed by atoms with E-state index in [1.807, 2.05) is 39.1 Å². The predicted molar refractivity (Wildman–Crippen MR) is 163 cm³/mol. The van der Waals surface area contributed by atoms with Crippen molar-refractivity contribution < 1.29 is 9.59 Å². The molecule has 2 saturated heterocycles. The largest absolute Gasteiger partial charge is 0.355 e. The summed E-state index contributed by atoms with van der Waals surface area (Å²) in [5, 5.41) is 3.28. The molecule has 0 radical (unpaired) electrons. The highest BCUT2D eigenvalue weighted by Gasteiger charge is 2.44. The number of aryl methyl sites for hydroxylation is 2. The number of hydrogen-bond donors (Lipinski definition) is 1. The molecule has 1 N–H and O–H groups in total. The van der Waals surface area contributed by atoms with Crippen molar-refractivity contribution in [2.24, 2.45) is 11.8 Å². The third-order valence-electron chi connectivity index (χ3n) is 9.62. The van der Waals surface area contributed by atoms with Crippen LogP contribution >= 0.6 is 0 Å². The van der Waals surface area contributed by atoms with E-state index in [1.165, 1.54) is 16.7 Å². The summed E-state index contributed by atoms with van der Waals surface area (Å²) in [6.45, 7) is 9.13. The van der Waals surface area contributed by atoms with Crippen LogP contribution in [0.5, 0.6) is 0 Å². The maximum Gasteiger partial charge on any atom is 0.254 e. The van der Waals surface area contributed by atoms with Gasteiger partial charge in [0.2, 0.25) is 5.91 Å². The number of likely N-dealkylation sites (N-methyl/N-ethyl adjacent to an activating group) is 1. The molecule has 0 bridgehead atoms. The molecule has 2 amide bonds. The van der Waals surface area contributed by atoms with E-state index < -0.39 is 0 Å². The highest BCUT2D eigenvalue weighted by molar-refractivity contribution is 5.97. The lowest BCUT2D eigenvalue weighted by atomic mass is 9.94. The van der Waals surface area contributed by atoms with Gasteiger partial charge in [0.1, 0.15) is 0 Å². The third-order valence-corrected chi connectivity index (χ3v) is 9.62. The number of nitrogens with zero attached hydrogens (tertiary/aromatic N) is 3. The maximum absolute atomic E-state index is 13.5. The fraction of sp³-hybridized carbons (Fsp3) is 0.429. The zero-order valence-electron chi connectivity index (χ0n) is 24.6. The Morgan fingerprint density at radius 1 is 0.829 bits per heavy atom. The van der Waals surface area contributed by atoms with Crippen molar-refractivity contribution in [3.05, 3.63) is 106 Å².